The van der Waals surface area contributed by atoms with Crippen LogP contribution in [0.5, 0.6) is 0 Å². The molecule has 0 aliphatic carbocycles. The molecule has 0 radical (unpaired) electrons. The standard InChI is InChI=1S/C19H16N4O3/c24-17-6-3-11-22(17)14-9-7-13(8-10-14)18(25)21-23-12-20-16-5-2-1-4-15(16)19(23)26/h1-2,4-5,7-10,12H,3,6,11H2,(H,21,25). The summed E-state index contributed by atoms with van der Waals surface area (Å²) in [4.78, 5) is 42.5. The van der Waals surface area contributed by atoms with Crippen molar-refractivity contribution in [2.45, 2.75) is 12.8 Å². The van der Waals surface area contributed by atoms with Crippen LogP contribution < -0.4 is 15.9 Å². The molecule has 7 heteroatoms. The highest BCUT2D eigenvalue weighted by Gasteiger charge is 2.21. The molecule has 0 unspecified atom stereocenters. The number of hydrogen-bond acceptors (Lipinski definition) is 4. The summed E-state index contributed by atoms with van der Waals surface area (Å²) < 4.78 is 1.07. The van der Waals surface area contributed by atoms with Crippen molar-refractivity contribution in [2.24, 2.45) is 0 Å². The first-order valence-corrected chi connectivity index (χ1v) is 8.32. The highest BCUT2D eigenvalue weighted by Crippen LogP contribution is 2.21. The predicted molar refractivity (Wildman–Crippen MR) is 97.7 cm³/mol. The maximum absolute atomic E-state index is 12.4. The minimum atomic E-state index is -0.427. The van der Waals surface area contributed by atoms with Gasteiger partial charge in [-0.25, -0.2) is 9.66 Å². The second-order valence-electron chi connectivity index (χ2n) is 6.07. The Hall–Kier alpha value is -3.48. The first-order valence-electron chi connectivity index (χ1n) is 8.32. The van der Waals surface area contributed by atoms with E-state index in [0.717, 1.165) is 16.8 Å². The molecule has 1 aromatic heterocycles. The molecule has 3 aromatic rings. The van der Waals surface area contributed by atoms with Crippen LogP contribution in [-0.4, -0.2) is 28.0 Å². The molecular formula is C19H16N4O3. The van der Waals surface area contributed by atoms with Gasteiger partial charge in [-0.2, -0.15) is 0 Å². The van der Waals surface area contributed by atoms with Crippen LogP contribution in [0.25, 0.3) is 10.9 Å². The van der Waals surface area contributed by atoms with Gasteiger partial charge in [-0.15, -0.1) is 0 Å². The molecule has 2 aromatic carbocycles. The van der Waals surface area contributed by atoms with E-state index in [0.29, 0.717) is 29.4 Å². The lowest BCUT2D eigenvalue weighted by atomic mass is 10.2. The molecule has 2 heterocycles. The number of carbonyl (C=O) groups excluding carboxylic acids is 2. The summed E-state index contributed by atoms with van der Waals surface area (Å²) in [6, 6.07) is 13.7. The average Bonchev–Trinajstić information content (AvgIpc) is 3.10. The Morgan fingerprint density at radius 2 is 1.81 bits per heavy atom. The van der Waals surface area contributed by atoms with Gasteiger partial charge in [0.15, 0.2) is 0 Å². The lowest BCUT2D eigenvalue weighted by molar-refractivity contribution is -0.117. The molecule has 7 nitrogen and oxygen atoms in total. The maximum Gasteiger partial charge on any atom is 0.280 e. The van der Waals surface area contributed by atoms with E-state index in [1.54, 1.807) is 53.4 Å². The molecule has 26 heavy (non-hydrogen) atoms. The van der Waals surface area contributed by atoms with Crippen molar-refractivity contribution in [1.82, 2.24) is 9.66 Å². The normalized spacial score (nSPS) is 14.0. The van der Waals surface area contributed by atoms with Crippen molar-refractivity contribution < 1.29 is 9.59 Å². The molecule has 1 saturated heterocycles. The van der Waals surface area contributed by atoms with Gasteiger partial charge in [0.05, 0.1) is 10.9 Å². The van der Waals surface area contributed by atoms with Crippen molar-refractivity contribution in [2.75, 3.05) is 16.9 Å². The second kappa shape index (κ2) is 6.44. The zero-order valence-corrected chi connectivity index (χ0v) is 13.9. The first-order chi connectivity index (χ1) is 12.6. The van der Waals surface area contributed by atoms with Crippen molar-refractivity contribution in [3.8, 4) is 0 Å². The van der Waals surface area contributed by atoms with E-state index in [1.807, 2.05) is 0 Å². The van der Waals surface area contributed by atoms with Gasteiger partial charge in [-0.3, -0.25) is 19.8 Å². The van der Waals surface area contributed by atoms with Crippen LogP contribution in [0.1, 0.15) is 23.2 Å². The zero-order valence-electron chi connectivity index (χ0n) is 13.9. The summed E-state index contributed by atoms with van der Waals surface area (Å²) in [6.45, 7) is 0.697. The van der Waals surface area contributed by atoms with Gasteiger partial charge >= 0.3 is 0 Å². The predicted octanol–water partition coefficient (Wildman–Crippen LogP) is 1.91. The molecule has 2 amide bonds. The third-order valence-electron chi connectivity index (χ3n) is 4.40. The van der Waals surface area contributed by atoms with E-state index in [-0.39, 0.29) is 11.5 Å². The number of para-hydroxylation sites is 1. The number of hydrogen-bond donors (Lipinski definition) is 1. The number of fused-ring (bicyclic) bond motifs is 1. The fraction of sp³-hybridized carbons (Fsp3) is 0.158. The van der Waals surface area contributed by atoms with Gasteiger partial charge < -0.3 is 4.90 Å². The maximum atomic E-state index is 12.4. The quantitative estimate of drug-likeness (QED) is 0.784. The third-order valence-corrected chi connectivity index (χ3v) is 4.40. The van der Waals surface area contributed by atoms with E-state index in [2.05, 4.69) is 10.4 Å². The van der Waals surface area contributed by atoms with Crippen LogP contribution >= 0.6 is 0 Å². The second-order valence-corrected chi connectivity index (χ2v) is 6.07. The third kappa shape index (κ3) is 2.83. The monoisotopic (exact) mass is 348 g/mol. The Balaban J connectivity index is 1.56. The lowest BCUT2D eigenvalue weighted by Gasteiger charge is -2.16. The van der Waals surface area contributed by atoms with Gasteiger partial charge in [-0.05, 0) is 42.8 Å². The molecule has 0 saturated carbocycles. The molecule has 1 N–H and O–H groups in total. The number of aromatic nitrogens is 2. The Morgan fingerprint density at radius 1 is 1.04 bits per heavy atom. The van der Waals surface area contributed by atoms with Crippen LogP contribution in [0.2, 0.25) is 0 Å². The van der Waals surface area contributed by atoms with Crippen LogP contribution in [0.4, 0.5) is 5.69 Å². The average molecular weight is 348 g/mol. The number of nitrogens with one attached hydrogen (secondary N) is 1. The SMILES string of the molecule is O=C(Nn1cnc2ccccc2c1=O)c1ccc(N2CCCC2=O)cc1. The number of benzene rings is 2. The topological polar surface area (TPSA) is 84.3 Å². The molecule has 130 valence electrons. The van der Waals surface area contributed by atoms with Gasteiger partial charge in [0.1, 0.15) is 6.33 Å². The Kier molecular flexibility index (Phi) is 3.96. The molecule has 0 spiro atoms. The smallest absolute Gasteiger partial charge is 0.280 e. The van der Waals surface area contributed by atoms with E-state index in [1.165, 1.54) is 6.33 Å². The van der Waals surface area contributed by atoms with Crippen LogP contribution in [0, 0.1) is 0 Å². The zero-order chi connectivity index (χ0) is 18.1. The van der Waals surface area contributed by atoms with Crippen LogP contribution in [0.15, 0.2) is 59.7 Å². The molecule has 4 rings (SSSR count). The lowest BCUT2D eigenvalue weighted by Crippen LogP contribution is -2.33. The molecule has 0 atom stereocenters. The number of rotatable bonds is 3. The van der Waals surface area contributed by atoms with Gasteiger partial charge in [-0.1, -0.05) is 12.1 Å². The van der Waals surface area contributed by atoms with Crippen molar-refractivity contribution in [3.63, 3.8) is 0 Å². The molecule has 1 aliphatic rings. The summed E-state index contributed by atoms with van der Waals surface area (Å²) in [5, 5.41) is 0.429. The van der Waals surface area contributed by atoms with E-state index < -0.39 is 5.91 Å². The molecule has 1 aliphatic heterocycles. The highest BCUT2D eigenvalue weighted by molar-refractivity contribution is 6.01. The van der Waals surface area contributed by atoms with Gasteiger partial charge in [0.25, 0.3) is 11.5 Å². The fourth-order valence-electron chi connectivity index (χ4n) is 3.04. The first kappa shape index (κ1) is 16.0. The summed E-state index contributed by atoms with van der Waals surface area (Å²) in [5.74, 6) is -0.334. The van der Waals surface area contributed by atoms with E-state index in [4.69, 9.17) is 0 Å². The summed E-state index contributed by atoms with van der Waals surface area (Å²) in [6.07, 6.45) is 2.69. The summed E-state index contributed by atoms with van der Waals surface area (Å²) >= 11 is 0. The number of amides is 2. The summed E-state index contributed by atoms with van der Waals surface area (Å²) in [7, 11) is 0. The Bertz CT molecular complexity index is 1060. The van der Waals surface area contributed by atoms with E-state index >= 15 is 0 Å². The van der Waals surface area contributed by atoms with E-state index in [9.17, 15) is 14.4 Å². The van der Waals surface area contributed by atoms with Gasteiger partial charge in [0, 0.05) is 24.2 Å². The minimum absolute atomic E-state index is 0.0935. The van der Waals surface area contributed by atoms with Crippen LogP contribution in [-0.2, 0) is 4.79 Å². The Labute approximate surface area is 148 Å². The summed E-state index contributed by atoms with van der Waals surface area (Å²) in [5.41, 5.74) is 3.93. The number of anilines is 1. The highest BCUT2D eigenvalue weighted by atomic mass is 16.2. The number of carbonyl (C=O) groups is 2. The van der Waals surface area contributed by atoms with Crippen molar-refractivity contribution in [1.29, 1.82) is 0 Å². The number of nitrogens with zero attached hydrogens (tertiary/aromatic N) is 3. The molecule has 1 fully saturated rings. The van der Waals surface area contributed by atoms with Crippen molar-refractivity contribution >= 4 is 28.4 Å². The van der Waals surface area contributed by atoms with Crippen LogP contribution in [0.3, 0.4) is 0 Å². The molecule has 0 bridgehead atoms. The Morgan fingerprint density at radius 3 is 2.54 bits per heavy atom. The largest absolute Gasteiger partial charge is 0.312 e. The van der Waals surface area contributed by atoms with Gasteiger partial charge in [0.2, 0.25) is 5.91 Å². The fourth-order valence-corrected chi connectivity index (χ4v) is 3.04. The minimum Gasteiger partial charge on any atom is -0.312 e. The van der Waals surface area contributed by atoms with Crippen molar-refractivity contribution in [3.05, 3.63) is 70.8 Å². The molecular weight excluding hydrogens is 332 g/mol.